The van der Waals surface area contributed by atoms with Gasteiger partial charge in [-0.1, -0.05) is 43.7 Å². The fourth-order valence-corrected chi connectivity index (χ4v) is 6.61. The number of nitrogens with zero attached hydrogens (tertiary/aromatic N) is 2. The smallest absolute Gasteiger partial charge is 0.325 e. The fraction of sp³-hybridized carbons (Fsp3) is 0.423. The highest BCUT2D eigenvalue weighted by Gasteiger charge is 2.49. The van der Waals surface area contributed by atoms with E-state index in [9.17, 15) is 22.8 Å². The molecule has 2 N–H and O–H groups in total. The SMILES string of the molecule is Cc1ccc([C@@]2(C)NC(=O)N(CC(=O)Nc3ccc(S(=O)(=O)N4C[C@H](C)C[C@H](C)C4)cc3)C2=O)cc1. The molecule has 2 heterocycles. The van der Waals surface area contributed by atoms with Crippen molar-refractivity contribution in [3.8, 4) is 0 Å². The number of carbonyl (C=O) groups is 3. The van der Waals surface area contributed by atoms with E-state index in [1.54, 1.807) is 19.1 Å². The Balaban J connectivity index is 1.41. The monoisotopic (exact) mass is 512 g/mol. The first-order valence-corrected chi connectivity index (χ1v) is 13.5. The molecule has 0 radical (unpaired) electrons. The van der Waals surface area contributed by atoms with Gasteiger partial charge in [-0.3, -0.25) is 14.5 Å². The molecule has 192 valence electrons. The lowest BCUT2D eigenvalue weighted by Crippen LogP contribution is -2.42. The second-order valence-electron chi connectivity index (χ2n) is 10.2. The summed E-state index contributed by atoms with van der Waals surface area (Å²) in [5.74, 6) is -0.500. The van der Waals surface area contributed by atoms with E-state index in [1.165, 1.54) is 28.6 Å². The first-order chi connectivity index (χ1) is 16.9. The largest absolute Gasteiger partial charge is 0.325 e. The van der Waals surface area contributed by atoms with Crippen LogP contribution in [0.5, 0.6) is 0 Å². The van der Waals surface area contributed by atoms with E-state index in [4.69, 9.17) is 0 Å². The molecule has 2 aromatic carbocycles. The number of amides is 4. The molecule has 3 atom stereocenters. The van der Waals surface area contributed by atoms with E-state index < -0.39 is 40.0 Å². The number of benzene rings is 2. The van der Waals surface area contributed by atoms with E-state index in [-0.39, 0.29) is 4.90 Å². The van der Waals surface area contributed by atoms with Crippen LogP contribution in [0.1, 0.15) is 38.3 Å². The minimum atomic E-state index is -3.63. The van der Waals surface area contributed by atoms with Gasteiger partial charge in [-0.05, 0) is 61.9 Å². The van der Waals surface area contributed by atoms with Gasteiger partial charge in [-0.15, -0.1) is 0 Å². The molecule has 2 aromatic rings. The molecule has 0 saturated carbocycles. The van der Waals surface area contributed by atoms with Crippen molar-refractivity contribution in [2.24, 2.45) is 11.8 Å². The molecule has 4 rings (SSSR count). The number of carbonyl (C=O) groups excluding carboxylic acids is 3. The summed E-state index contributed by atoms with van der Waals surface area (Å²) in [6, 6.07) is 12.5. The summed E-state index contributed by atoms with van der Waals surface area (Å²) in [5, 5.41) is 5.32. The molecule has 0 bridgehead atoms. The zero-order valence-corrected chi connectivity index (χ0v) is 21.8. The van der Waals surface area contributed by atoms with Crippen molar-refractivity contribution in [3.05, 3.63) is 59.7 Å². The van der Waals surface area contributed by atoms with Gasteiger partial charge in [0, 0.05) is 18.8 Å². The molecule has 0 aliphatic carbocycles. The predicted molar refractivity (Wildman–Crippen MR) is 136 cm³/mol. The zero-order chi connectivity index (χ0) is 26.3. The number of rotatable bonds is 6. The number of urea groups is 1. The Morgan fingerprint density at radius 2 is 1.61 bits per heavy atom. The van der Waals surface area contributed by atoms with Crippen LogP contribution < -0.4 is 10.6 Å². The van der Waals surface area contributed by atoms with E-state index in [2.05, 4.69) is 10.6 Å². The molecule has 9 nitrogen and oxygen atoms in total. The number of hydrogen-bond donors (Lipinski definition) is 2. The average molecular weight is 513 g/mol. The van der Waals surface area contributed by atoms with Crippen molar-refractivity contribution >= 4 is 33.6 Å². The zero-order valence-electron chi connectivity index (χ0n) is 20.9. The van der Waals surface area contributed by atoms with Crippen LogP contribution in [0.4, 0.5) is 10.5 Å². The number of aryl methyl sites for hydroxylation is 1. The Morgan fingerprint density at radius 1 is 1.03 bits per heavy atom. The van der Waals surface area contributed by atoms with Crippen molar-refractivity contribution in [1.29, 1.82) is 0 Å². The third kappa shape index (κ3) is 5.01. The van der Waals surface area contributed by atoms with Crippen LogP contribution in [-0.4, -0.2) is 55.1 Å². The number of nitrogens with one attached hydrogen (secondary N) is 2. The maximum Gasteiger partial charge on any atom is 0.325 e. The highest BCUT2D eigenvalue weighted by molar-refractivity contribution is 7.89. The van der Waals surface area contributed by atoms with Crippen molar-refractivity contribution in [2.75, 3.05) is 25.0 Å². The number of sulfonamides is 1. The molecule has 0 aromatic heterocycles. The first kappa shape index (κ1) is 25.8. The maximum absolute atomic E-state index is 13.1. The molecule has 2 aliphatic heterocycles. The van der Waals surface area contributed by atoms with Gasteiger partial charge >= 0.3 is 6.03 Å². The number of piperidine rings is 1. The highest BCUT2D eigenvalue weighted by atomic mass is 32.2. The molecule has 36 heavy (non-hydrogen) atoms. The van der Waals surface area contributed by atoms with Gasteiger partial charge in [0.15, 0.2) is 0 Å². The molecule has 4 amide bonds. The van der Waals surface area contributed by atoms with Crippen LogP contribution >= 0.6 is 0 Å². The molecule has 2 fully saturated rings. The van der Waals surface area contributed by atoms with E-state index in [1.807, 2.05) is 32.9 Å². The van der Waals surface area contributed by atoms with Gasteiger partial charge in [0.25, 0.3) is 5.91 Å². The van der Waals surface area contributed by atoms with Gasteiger partial charge in [0.1, 0.15) is 12.1 Å². The van der Waals surface area contributed by atoms with Crippen molar-refractivity contribution in [3.63, 3.8) is 0 Å². The molecular weight excluding hydrogens is 480 g/mol. The van der Waals surface area contributed by atoms with Gasteiger partial charge < -0.3 is 10.6 Å². The Hall–Kier alpha value is -3.24. The molecule has 2 saturated heterocycles. The van der Waals surface area contributed by atoms with Gasteiger partial charge in [-0.25, -0.2) is 13.2 Å². The summed E-state index contributed by atoms with van der Waals surface area (Å²) in [6.07, 6.45) is 0.999. The van der Waals surface area contributed by atoms with Crippen LogP contribution in [0.15, 0.2) is 53.4 Å². The molecule has 2 aliphatic rings. The van der Waals surface area contributed by atoms with E-state index in [0.29, 0.717) is 36.2 Å². The second kappa shape index (κ2) is 9.67. The second-order valence-corrected chi connectivity index (χ2v) is 12.1. The summed E-state index contributed by atoms with van der Waals surface area (Å²) in [4.78, 5) is 39.3. The standard InChI is InChI=1S/C26H32N4O5S/c1-17-5-7-20(8-6-17)26(4)24(32)30(25(33)28-26)16-23(31)27-21-9-11-22(12-10-21)36(34,35)29-14-18(2)13-19(3)15-29/h5-12,18-19H,13-16H2,1-4H3,(H,27,31)(H,28,33)/t18-,19+,26-/m1/s1. The van der Waals surface area contributed by atoms with Crippen molar-refractivity contribution in [2.45, 2.75) is 44.6 Å². The summed E-state index contributed by atoms with van der Waals surface area (Å²) >= 11 is 0. The van der Waals surface area contributed by atoms with E-state index in [0.717, 1.165) is 16.9 Å². The Bertz CT molecular complexity index is 1270. The molecular formula is C26H32N4O5S. The fourth-order valence-electron chi connectivity index (χ4n) is 4.93. The predicted octanol–water partition coefficient (Wildman–Crippen LogP) is 3.07. The van der Waals surface area contributed by atoms with Crippen molar-refractivity contribution in [1.82, 2.24) is 14.5 Å². The molecule has 10 heteroatoms. The van der Waals surface area contributed by atoms with Crippen LogP contribution in [0.2, 0.25) is 0 Å². The molecule has 0 spiro atoms. The maximum atomic E-state index is 13.1. The number of hydrogen-bond acceptors (Lipinski definition) is 5. The first-order valence-electron chi connectivity index (χ1n) is 12.0. The Kier molecular flexibility index (Phi) is 6.94. The average Bonchev–Trinajstić information content (AvgIpc) is 3.03. The minimum Gasteiger partial charge on any atom is -0.325 e. The van der Waals surface area contributed by atoms with Gasteiger partial charge in [0.2, 0.25) is 15.9 Å². The van der Waals surface area contributed by atoms with Crippen molar-refractivity contribution < 1.29 is 22.8 Å². The third-order valence-corrected chi connectivity index (χ3v) is 8.66. The summed E-state index contributed by atoms with van der Waals surface area (Å²) in [5.41, 5.74) is 0.760. The van der Waals surface area contributed by atoms with Crippen LogP contribution in [0.25, 0.3) is 0 Å². The lowest BCUT2D eigenvalue weighted by molar-refractivity contribution is -0.133. The minimum absolute atomic E-state index is 0.157. The molecule has 0 unspecified atom stereocenters. The summed E-state index contributed by atoms with van der Waals surface area (Å²) < 4.78 is 27.6. The van der Waals surface area contributed by atoms with Crippen LogP contribution in [0.3, 0.4) is 0 Å². The summed E-state index contributed by atoms with van der Waals surface area (Å²) in [6.45, 7) is 8.14. The van der Waals surface area contributed by atoms with E-state index >= 15 is 0 Å². The highest BCUT2D eigenvalue weighted by Crippen LogP contribution is 2.29. The number of imide groups is 1. The lowest BCUT2D eigenvalue weighted by Gasteiger charge is -2.34. The Morgan fingerprint density at radius 3 is 2.19 bits per heavy atom. The van der Waals surface area contributed by atoms with Gasteiger partial charge in [-0.2, -0.15) is 4.31 Å². The number of anilines is 1. The topological polar surface area (TPSA) is 116 Å². The lowest BCUT2D eigenvalue weighted by atomic mass is 9.91. The van der Waals surface area contributed by atoms with Crippen LogP contribution in [-0.2, 0) is 25.2 Å². The Labute approximate surface area is 211 Å². The summed E-state index contributed by atoms with van der Waals surface area (Å²) in [7, 11) is -3.63. The van der Waals surface area contributed by atoms with Crippen LogP contribution in [0, 0.1) is 18.8 Å². The quantitative estimate of drug-likeness (QED) is 0.577. The third-order valence-electron chi connectivity index (χ3n) is 6.82. The van der Waals surface area contributed by atoms with Gasteiger partial charge in [0.05, 0.1) is 4.90 Å². The normalized spacial score (nSPS) is 25.1.